The van der Waals surface area contributed by atoms with Gasteiger partial charge >= 0.3 is 5.97 Å². The number of hydrogen-bond donors (Lipinski definition) is 1. The molecule has 3 aromatic carbocycles. The molecule has 0 aliphatic heterocycles. The number of esters is 1. The number of carbonyl (C=O) groups excluding carboxylic acids is 1. The van der Waals surface area contributed by atoms with Crippen LogP contribution in [0.1, 0.15) is 36.6 Å². The molecule has 6 heteroatoms. The molecule has 0 bridgehead atoms. The highest BCUT2D eigenvalue weighted by molar-refractivity contribution is 7.83. The van der Waals surface area contributed by atoms with Crippen LogP contribution in [-0.4, -0.2) is 16.8 Å². The van der Waals surface area contributed by atoms with E-state index in [-0.39, 0.29) is 6.61 Å². The Bertz CT molecular complexity index is 1110. The van der Waals surface area contributed by atoms with Gasteiger partial charge in [0.15, 0.2) is 0 Å². The van der Waals surface area contributed by atoms with E-state index in [0.717, 1.165) is 22.3 Å². The van der Waals surface area contributed by atoms with Crippen molar-refractivity contribution in [3.63, 3.8) is 0 Å². The minimum atomic E-state index is -1.57. The lowest BCUT2D eigenvalue weighted by molar-refractivity contribution is -0.138. The summed E-state index contributed by atoms with van der Waals surface area (Å²) in [5.74, 6) is -0.456. The third kappa shape index (κ3) is 5.94. The van der Waals surface area contributed by atoms with E-state index in [1.807, 2.05) is 80.6 Å². The van der Waals surface area contributed by atoms with Crippen molar-refractivity contribution in [3.05, 3.63) is 106 Å². The van der Waals surface area contributed by atoms with Crippen LogP contribution in [0.2, 0.25) is 5.02 Å². The van der Waals surface area contributed by atoms with Gasteiger partial charge in [-0.3, -0.25) is 0 Å². The molecule has 0 radical (unpaired) electrons. The van der Waals surface area contributed by atoms with Gasteiger partial charge in [-0.05, 0) is 61.7 Å². The molecule has 0 unspecified atom stereocenters. The van der Waals surface area contributed by atoms with Crippen LogP contribution >= 0.6 is 11.6 Å². The van der Waals surface area contributed by atoms with Crippen LogP contribution in [0, 0.1) is 6.92 Å². The minimum absolute atomic E-state index is 0.235. The summed E-state index contributed by atoms with van der Waals surface area (Å²) in [6, 6.07) is 23.5. The quantitative estimate of drug-likeness (QED) is 0.324. The van der Waals surface area contributed by atoms with Gasteiger partial charge in [-0.25, -0.2) is 13.7 Å². The SMILES string of the molecule is CCOC(=O)/C(=C(/C)c1ccccc1)[C@@H](N[S@@](=O)c1ccc(C)cc1)c1ccc(Cl)cc1. The molecule has 3 rings (SSSR count). The molecule has 0 aliphatic carbocycles. The maximum Gasteiger partial charge on any atom is 0.336 e. The highest BCUT2D eigenvalue weighted by Crippen LogP contribution is 2.32. The van der Waals surface area contributed by atoms with E-state index in [1.165, 1.54) is 0 Å². The molecule has 4 nitrogen and oxygen atoms in total. The molecule has 2 atom stereocenters. The minimum Gasteiger partial charge on any atom is -0.463 e. The van der Waals surface area contributed by atoms with Crippen LogP contribution in [-0.2, 0) is 20.5 Å². The van der Waals surface area contributed by atoms with Crippen molar-refractivity contribution >= 4 is 34.1 Å². The maximum atomic E-state index is 13.2. The maximum absolute atomic E-state index is 13.2. The van der Waals surface area contributed by atoms with Crippen LogP contribution in [0.5, 0.6) is 0 Å². The molecular formula is C26H26ClNO3S. The van der Waals surface area contributed by atoms with Gasteiger partial charge in [0.05, 0.1) is 23.1 Å². The lowest BCUT2D eigenvalue weighted by atomic mass is 9.92. The fourth-order valence-corrected chi connectivity index (χ4v) is 4.44. The molecule has 0 heterocycles. The van der Waals surface area contributed by atoms with Crippen molar-refractivity contribution in [2.45, 2.75) is 31.7 Å². The molecule has 0 aliphatic rings. The molecule has 32 heavy (non-hydrogen) atoms. The van der Waals surface area contributed by atoms with E-state index in [2.05, 4.69) is 4.72 Å². The van der Waals surface area contributed by atoms with E-state index in [4.69, 9.17) is 16.3 Å². The number of carbonyl (C=O) groups is 1. The normalized spacial score (nSPS) is 13.8. The van der Waals surface area contributed by atoms with E-state index >= 15 is 0 Å². The third-order valence-electron chi connectivity index (χ3n) is 5.06. The molecule has 0 saturated carbocycles. The second-order valence-corrected chi connectivity index (χ2v) is 8.99. The predicted molar refractivity (Wildman–Crippen MR) is 131 cm³/mol. The van der Waals surface area contributed by atoms with Gasteiger partial charge in [0.1, 0.15) is 11.0 Å². The van der Waals surface area contributed by atoms with Crippen molar-refractivity contribution in [2.75, 3.05) is 6.61 Å². The average molecular weight is 468 g/mol. The van der Waals surface area contributed by atoms with Crippen LogP contribution in [0.25, 0.3) is 5.57 Å². The summed E-state index contributed by atoms with van der Waals surface area (Å²) in [7, 11) is -1.57. The molecule has 0 amide bonds. The zero-order valence-corrected chi connectivity index (χ0v) is 19.9. The first-order valence-corrected chi connectivity index (χ1v) is 11.9. The number of rotatable bonds is 8. The number of nitrogens with one attached hydrogen (secondary N) is 1. The Morgan fingerprint density at radius 2 is 1.62 bits per heavy atom. The molecule has 0 fully saturated rings. The summed E-state index contributed by atoms with van der Waals surface area (Å²) < 4.78 is 21.8. The molecule has 0 spiro atoms. The van der Waals surface area contributed by atoms with Gasteiger partial charge in [0.25, 0.3) is 0 Å². The highest BCUT2D eigenvalue weighted by Gasteiger charge is 2.28. The first-order valence-electron chi connectivity index (χ1n) is 10.3. The van der Waals surface area contributed by atoms with Crippen LogP contribution in [0.15, 0.2) is 89.3 Å². The fraction of sp³-hybridized carbons (Fsp3) is 0.192. The Hall–Kier alpha value is -2.73. The fourth-order valence-electron chi connectivity index (χ4n) is 3.33. The Morgan fingerprint density at radius 3 is 2.22 bits per heavy atom. The Kier molecular flexibility index (Phi) is 8.39. The largest absolute Gasteiger partial charge is 0.463 e. The number of hydrogen-bond acceptors (Lipinski definition) is 3. The molecule has 0 saturated heterocycles. The average Bonchev–Trinajstić information content (AvgIpc) is 2.80. The van der Waals surface area contributed by atoms with Crippen molar-refractivity contribution < 1.29 is 13.7 Å². The van der Waals surface area contributed by atoms with E-state index in [1.54, 1.807) is 19.1 Å². The lowest BCUT2D eigenvalue weighted by Crippen LogP contribution is -2.30. The van der Waals surface area contributed by atoms with Crippen molar-refractivity contribution in [2.24, 2.45) is 0 Å². The van der Waals surface area contributed by atoms with Gasteiger partial charge in [0.2, 0.25) is 0 Å². The number of ether oxygens (including phenoxy) is 1. The monoisotopic (exact) mass is 467 g/mol. The summed E-state index contributed by atoms with van der Waals surface area (Å²) in [6.45, 7) is 5.85. The molecule has 3 aromatic rings. The van der Waals surface area contributed by atoms with Gasteiger partial charge < -0.3 is 4.74 Å². The summed E-state index contributed by atoms with van der Waals surface area (Å²) in [5.41, 5.74) is 3.87. The van der Waals surface area contributed by atoms with Crippen LogP contribution in [0.4, 0.5) is 0 Å². The van der Waals surface area contributed by atoms with Gasteiger partial charge in [-0.15, -0.1) is 0 Å². The second kappa shape index (κ2) is 11.2. The molecular weight excluding hydrogens is 442 g/mol. The summed E-state index contributed by atoms with van der Waals surface area (Å²) >= 11 is 6.10. The lowest BCUT2D eigenvalue weighted by Gasteiger charge is -2.23. The smallest absolute Gasteiger partial charge is 0.336 e. The summed E-state index contributed by atoms with van der Waals surface area (Å²) in [5, 5.41) is 0.577. The zero-order chi connectivity index (χ0) is 23.1. The van der Waals surface area contributed by atoms with Crippen molar-refractivity contribution in [3.8, 4) is 0 Å². The first-order chi connectivity index (χ1) is 15.4. The van der Waals surface area contributed by atoms with Crippen molar-refractivity contribution in [1.82, 2.24) is 4.72 Å². The second-order valence-electron chi connectivity index (χ2n) is 7.31. The van der Waals surface area contributed by atoms with Crippen LogP contribution in [0.3, 0.4) is 0 Å². The van der Waals surface area contributed by atoms with Gasteiger partial charge in [0, 0.05) is 5.02 Å². The summed E-state index contributed by atoms with van der Waals surface area (Å²) in [4.78, 5) is 13.8. The topological polar surface area (TPSA) is 55.4 Å². The van der Waals surface area contributed by atoms with Gasteiger partial charge in [-0.2, -0.15) is 0 Å². The highest BCUT2D eigenvalue weighted by atomic mass is 35.5. The predicted octanol–water partition coefficient (Wildman–Crippen LogP) is 6.04. The third-order valence-corrected chi connectivity index (χ3v) is 6.46. The molecule has 0 aromatic heterocycles. The van der Waals surface area contributed by atoms with E-state index in [9.17, 15) is 9.00 Å². The van der Waals surface area contributed by atoms with Gasteiger partial charge in [-0.1, -0.05) is 71.8 Å². The number of halogens is 1. The number of allylic oxidation sites excluding steroid dienone is 1. The standard InChI is InChI=1S/C26H26ClNO3S/c1-4-31-26(29)24(19(3)20-8-6-5-7-9-20)25(21-12-14-22(27)15-13-21)28-32(30)23-16-10-18(2)11-17-23/h5-17,25,28H,4H2,1-3H3/b24-19-/t25-,32-/m0/s1. The Labute approximate surface area is 196 Å². The molecule has 1 N–H and O–H groups in total. The Morgan fingerprint density at radius 1 is 1.00 bits per heavy atom. The number of aryl methyl sites for hydroxylation is 1. The van der Waals surface area contributed by atoms with E-state index < -0.39 is 23.0 Å². The Balaban J connectivity index is 2.13. The summed E-state index contributed by atoms with van der Waals surface area (Å²) in [6.07, 6.45) is 0. The van der Waals surface area contributed by atoms with Crippen molar-refractivity contribution in [1.29, 1.82) is 0 Å². The zero-order valence-electron chi connectivity index (χ0n) is 18.3. The molecule has 166 valence electrons. The van der Waals surface area contributed by atoms with E-state index in [0.29, 0.717) is 15.5 Å². The van der Waals surface area contributed by atoms with Crippen LogP contribution < -0.4 is 4.72 Å². The number of benzene rings is 3. The first kappa shape index (κ1) is 23.9.